The molecular weight excluding hydrogens is 266 g/mol. The van der Waals surface area contributed by atoms with Crippen LogP contribution < -0.4 is 15.0 Å². The van der Waals surface area contributed by atoms with Crippen LogP contribution in [0.15, 0.2) is 36.4 Å². The van der Waals surface area contributed by atoms with E-state index in [-0.39, 0.29) is 5.91 Å². The lowest BCUT2D eigenvalue weighted by atomic mass is 10.1. The zero-order valence-electron chi connectivity index (χ0n) is 12.7. The topological polar surface area (TPSA) is 54.5 Å². The quantitative estimate of drug-likeness (QED) is 0.935. The number of methoxy groups -OCH3 is 1. The molecule has 21 heavy (non-hydrogen) atoms. The van der Waals surface area contributed by atoms with Gasteiger partial charge in [0.25, 0.3) is 5.91 Å². The fourth-order valence-electron chi connectivity index (χ4n) is 2.11. The summed E-state index contributed by atoms with van der Waals surface area (Å²) in [6.07, 6.45) is 0. The Morgan fingerprint density at radius 3 is 2.52 bits per heavy atom. The van der Waals surface area contributed by atoms with Gasteiger partial charge < -0.3 is 15.0 Å². The van der Waals surface area contributed by atoms with E-state index in [4.69, 9.17) is 4.74 Å². The molecule has 2 rings (SSSR count). The fraction of sp³-hybridized carbons (Fsp3) is 0.250. The highest BCUT2D eigenvalue weighted by Gasteiger charge is 2.16. The van der Waals surface area contributed by atoms with Gasteiger partial charge in [-0.2, -0.15) is 0 Å². The molecule has 1 aromatic carbocycles. The van der Waals surface area contributed by atoms with Crippen molar-refractivity contribution in [2.75, 3.05) is 33.2 Å². The summed E-state index contributed by atoms with van der Waals surface area (Å²) in [5.74, 6) is 1.22. The van der Waals surface area contributed by atoms with Crippen molar-refractivity contribution in [2.45, 2.75) is 0 Å². The van der Waals surface area contributed by atoms with Crippen LogP contribution in [0.5, 0.6) is 5.75 Å². The van der Waals surface area contributed by atoms with Crippen LogP contribution in [0.1, 0.15) is 10.4 Å². The van der Waals surface area contributed by atoms with E-state index in [0.29, 0.717) is 11.4 Å². The molecule has 0 atom stereocenters. The summed E-state index contributed by atoms with van der Waals surface area (Å²) in [5.41, 5.74) is 2.21. The zero-order chi connectivity index (χ0) is 15.4. The molecule has 0 aliphatic carbocycles. The van der Waals surface area contributed by atoms with Crippen molar-refractivity contribution in [3.63, 3.8) is 0 Å². The van der Waals surface area contributed by atoms with Gasteiger partial charge in [0.05, 0.1) is 18.4 Å². The number of hydrogen-bond donors (Lipinski definition) is 1. The van der Waals surface area contributed by atoms with Gasteiger partial charge in [-0.3, -0.25) is 4.79 Å². The van der Waals surface area contributed by atoms with Crippen molar-refractivity contribution in [1.29, 1.82) is 0 Å². The Balaban J connectivity index is 2.57. The summed E-state index contributed by atoms with van der Waals surface area (Å²) < 4.78 is 5.37. The summed E-state index contributed by atoms with van der Waals surface area (Å²) in [7, 11) is 6.96. The van der Waals surface area contributed by atoms with Gasteiger partial charge in [-0.1, -0.05) is 12.1 Å². The second-order valence-electron chi connectivity index (χ2n) is 4.74. The van der Waals surface area contributed by atoms with Crippen LogP contribution in [-0.4, -0.2) is 39.1 Å². The van der Waals surface area contributed by atoms with Gasteiger partial charge in [-0.15, -0.1) is 0 Å². The normalized spacial score (nSPS) is 10.1. The average molecular weight is 285 g/mol. The zero-order valence-corrected chi connectivity index (χ0v) is 12.7. The molecular formula is C16H19N3O2. The Bertz CT molecular complexity index is 654. The Hall–Kier alpha value is -2.56. The van der Waals surface area contributed by atoms with Crippen LogP contribution in [0.3, 0.4) is 0 Å². The molecule has 2 aromatic rings. The molecule has 0 aliphatic heterocycles. The fourth-order valence-corrected chi connectivity index (χ4v) is 2.11. The first-order valence-corrected chi connectivity index (χ1v) is 6.62. The highest BCUT2D eigenvalue weighted by molar-refractivity contribution is 5.99. The second-order valence-corrected chi connectivity index (χ2v) is 4.74. The second kappa shape index (κ2) is 6.26. The van der Waals surface area contributed by atoms with Gasteiger partial charge in [0.1, 0.15) is 11.6 Å². The van der Waals surface area contributed by atoms with Crippen LogP contribution >= 0.6 is 0 Å². The van der Waals surface area contributed by atoms with Crippen LogP contribution in [0.4, 0.5) is 5.82 Å². The number of nitrogens with one attached hydrogen (secondary N) is 1. The lowest BCUT2D eigenvalue weighted by molar-refractivity contribution is 0.0963. The number of carbonyl (C=O) groups excluding carboxylic acids is 1. The summed E-state index contributed by atoms with van der Waals surface area (Å²) in [6.45, 7) is 0. The van der Waals surface area contributed by atoms with Gasteiger partial charge in [0.2, 0.25) is 0 Å². The molecule has 5 nitrogen and oxygen atoms in total. The maximum absolute atomic E-state index is 11.9. The highest BCUT2D eigenvalue weighted by Crippen LogP contribution is 2.30. The van der Waals surface area contributed by atoms with E-state index in [1.165, 1.54) is 0 Å². The molecule has 0 radical (unpaired) electrons. The van der Waals surface area contributed by atoms with E-state index in [2.05, 4.69) is 10.3 Å². The predicted molar refractivity (Wildman–Crippen MR) is 83.9 cm³/mol. The minimum atomic E-state index is -0.155. The van der Waals surface area contributed by atoms with Crippen molar-refractivity contribution >= 4 is 11.7 Å². The lowest BCUT2D eigenvalue weighted by Gasteiger charge is -2.17. The third-order valence-corrected chi connectivity index (χ3v) is 3.15. The summed E-state index contributed by atoms with van der Waals surface area (Å²) in [6, 6.07) is 11.3. The van der Waals surface area contributed by atoms with Gasteiger partial charge >= 0.3 is 0 Å². The van der Waals surface area contributed by atoms with Crippen molar-refractivity contribution < 1.29 is 9.53 Å². The standard InChI is InChI=1S/C16H19N3O2/c1-17-16(20)12-9-10-13(18-15(12)19(2)3)11-7-5-6-8-14(11)21-4/h5-10H,1-4H3,(H,17,20). The smallest absolute Gasteiger partial charge is 0.254 e. The molecule has 0 aliphatic rings. The number of carbonyl (C=O) groups is 1. The van der Waals surface area contributed by atoms with Crippen LogP contribution in [0, 0.1) is 0 Å². The van der Waals surface area contributed by atoms with Gasteiger partial charge in [-0.25, -0.2) is 4.98 Å². The van der Waals surface area contributed by atoms with Crippen LogP contribution in [0.25, 0.3) is 11.3 Å². The number of ether oxygens (including phenoxy) is 1. The first-order valence-electron chi connectivity index (χ1n) is 6.62. The molecule has 0 fully saturated rings. The summed E-state index contributed by atoms with van der Waals surface area (Å²) >= 11 is 0. The van der Waals surface area contributed by atoms with E-state index >= 15 is 0 Å². The Morgan fingerprint density at radius 2 is 1.90 bits per heavy atom. The number of aromatic nitrogens is 1. The minimum absolute atomic E-state index is 0.155. The summed E-state index contributed by atoms with van der Waals surface area (Å²) in [5, 5.41) is 2.63. The molecule has 0 spiro atoms. The molecule has 0 saturated heterocycles. The van der Waals surface area contributed by atoms with E-state index in [1.807, 2.05) is 49.3 Å². The number of rotatable bonds is 4. The average Bonchev–Trinajstić information content (AvgIpc) is 2.53. The molecule has 1 heterocycles. The third kappa shape index (κ3) is 2.97. The Labute approximate surface area is 124 Å². The third-order valence-electron chi connectivity index (χ3n) is 3.15. The SMILES string of the molecule is CNC(=O)c1ccc(-c2ccccc2OC)nc1N(C)C. The maximum Gasteiger partial charge on any atom is 0.254 e. The van der Waals surface area contributed by atoms with Gasteiger partial charge in [0.15, 0.2) is 0 Å². The molecule has 110 valence electrons. The van der Waals surface area contributed by atoms with Crippen molar-refractivity contribution in [1.82, 2.24) is 10.3 Å². The van der Waals surface area contributed by atoms with E-state index in [9.17, 15) is 4.79 Å². The number of nitrogens with zero attached hydrogens (tertiary/aromatic N) is 2. The van der Waals surface area contributed by atoms with E-state index < -0.39 is 0 Å². The molecule has 1 N–H and O–H groups in total. The molecule has 0 unspecified atom stereocenters. The minimum Gasteiger partial charge on any atom is -0.496 e. The van der Waals surface area contributed by atoms with Crippen molar-refractivity contribution in [2.24, 2.45) is 0 Å². The van der Waals surface area contributed by atoms with Crippen molar-refractivity contribution in [3.8, 4) is 17.0 Å². The molecule has 1 aromatic heterocycles. The van der Waals surface area contributed by atoms with Crippen LogP contribution in [0.2, 0.25) is 0 Å². The lowest BCUT2D eigenvalue weighted by Crippen LogP contribution is -2.23. The first-order chi connectivity index (χ1) is 10.1. The van der Waals surface area contributed by atoms with Gasteiger partial charge in [-0.05, 0) is 24.3 Å². The molecule has 1 amide bonds. The highest BCUT2D eigenvalue weighted by atomic mass is 16.5. The number of benzene rings is 1. The Morgan fingerprint density at radius 1 is 1.19 bits per heavy atom. The van der Waals surface area contributed by atoms with Crippen molar-refractivity contribution in [3.05, 3.63) is 42.0 Å². The number of pyridine rings is 1. The largest absolute Gasteiger partial charge is 0.496 e. The Kier molecular flexibility index (Phi) is 4.42. The molecule has 5 heteroatoms. The predicted octanol–water partition coefficient (Wildman–Crippen LogP) is 2.18. The van der Waals surface area contributed by atoms with Crippen LogP contribution in [-0.2, 0) is 0 Å². The van der Waals surface area contributed by atoms with E-state index in [0.717, 1.165) is 17.0 Å². The number of hydrogen-bond acceptors (Lipinski definition) is 4. The summed E-state index contributed by atoms with van der Waals surface area (Å²) in [4.78, 5) is 18.3. The number of anilines is 1. The number of para-hydroxylation sites is 1. The molecule has 0 saturated carbocycles. The van der Waals surface area contributed by atoms with Gasteiger partial charge in [0, 0.05) is 26.7 Å². The first kappa shape index (κ1) is 14.8. The monoisotopic (exact) mass is 285 g/mol. The number of amides is 1. The molecule has 0 bridgehead atoms. The maximum atomic E-state index is 11.9. The van der Waals surface area contributed by atoms with E-state index in [1.54, 1.807) is 20.2 Å².